The average molecular weight is 654 g/mol. The summed E-state index contributed by atoms with van der Waals surface area (Å²) in [6.45, 7) is 6.92. The van der Waals surface area contributed by atoms with E-state index in [1.807, 2.05) is 92.8 Å². The van der Waals surface area contributed by atoms with Gasteiger partial charge >= 0.3 is 0 Å². The van der Waals surface area contributed by atoms with Gasteiger partial charge in [0.1, 0.15) is 0 Å². The Morgan fingerprint density at radius 1 is 1.02 bits per heavy atom. The normalized spacial score (nSPS) is 27.1. The average Bonchev–Trinajstić information content (AvgIpc) is 3.69. The molecule has 4 heterocycles. The zero-order valence-electron chi connectivity index (χ0n) is 27.3. The summed E-state index contributed by atoms with van der Waals surface area (Å²) in [6.07, 6.45) is 1.28. The Kier molecular flexibility index (Phi) is 8.11. The van der Waals surface area contributed by atoms with Gasteiger partial charge in [0.15, 0.2) is 13.9 Å². The van der Waals surface area contributed by atoms with Gasteiger partial charge in [-0.25, -0.2) is 0 Å². The quantitative estimate of drug-likeness (QED) is 0.364. The number of ether oxygens (including phenoxy) is 1. The smallest absolute Gasteiger partial charge is 0.264 e. The monoisotopic (exact) mass is 653 g/mol. The first-order valence-electron chi connectivity index (χ1n) is 16.7. The first kappa shape index (κ1) is 31.8. The topological polar surface area (TPSA) is 111 Å². The van der Waals surface area contributed by atoms with Crippen molar-refractivity contribution >= 4 is 37.4 Å². The molecule has 47 heavy (non-hydrogen) atoms. The lowest BCUT2D eigenvalue weighted by Crippen LogP contribution is -2.48. The van der Waals surface area contributed by atoms with E-state index in [9.17, 15) is 24.3 Å². The van der Waals surface area contributed by atoms with Crippen LogP contribution in [0, 0.1) is 5.92 Å². The third-order valence-electron chi connectivity index (χ3n) is 10.8. The maximum absolute atomic E-state index is 14.8. The van der Waals surface area contributed by atoms with Crippen LogP contribution in [-0.2, 0) is 44.2 Å². The molecule has 2 fully saturated rings. The van der Waals surface area contributed by atoms with Crippen molar-refractivity contribution in [3.63, 3.8) is 0 Å². The summed E-state index contributed by atoms with van der Waals surface area (Å²) < 4.78 is 6.91. The number of para-hydroxylation sites is 1. The molecule has 0 bridgehead atoms. The van der Waals surface area contributed by atoms with Crippen molar-refractivity contribution in [1.82, 2.24) is 4.90 Å². The fraction of sp³-hybridized carbons (Fsp3) is 0.432. The predicted molar refractivity (Wildman–Crippen MR) is 181 cm³/mol. The molecule has 5 atom stereocenters. The molecule has 4 aliphatic rings. The van der Waals surface area contributed by atoms with E-state index in [1.165, 1.54) is 0 Å². The number of benzene rings is 3. The van der Waals surface area contributed by atoms with Gasteiger partial charge in [-0.2, -0.15) is 0 Å². The minimum Gasteiger partial charge on any atom is -0.432 e. The molecule has 0 radical (unpaired) electrons. The Hall–Kier alpha value is -3.83. The van der Waals surface area contributed by atoms with Crippen LogP contribution in [0.2, 0.25) is 18.6 Å². The molecule has 2 saturated heterocycles. The summed E-state index contributed by atoms with van der Waals surface area (Å²) in [5, 5.41) is 10.2. The van der Waals surface area contributed by atoms with Gasteiger partial charge in [0.25, 0.3) is 5.91 Å². The number of aliphatic hydroxyl groups is 1. The van der Waals surface area contributed by atoms with Gasteiger partial charge in [0, 0.05) is 42.2 Å². The lowest BCUT2D eigenvalue weighted by Gasteiger charge is -2.37. The van der Waals surface area contributed by atoms with Gasteiger partial charge in [-0.1, -0.05) is 61.5 Å². The first-order valence-corrected chi connectivity index (χ1v) is 19.7. The second kappa shape index (κ2) is 12.0. The largest absolute Gasteiger partial charge is 0.432 e. The summed E-state index contributed by atoms with van der Waals surface area (Å²) >= 11 is 0. The lowest BCUT2D eigenvalue weighted by atomic mass is 9.82. The number of anilines is 2. The molecule has 9 nitrogen and oxygen atoms in total. The van der Waals surface area contributed by atoms with Crippen LogP contribution in [0.3, 0.4) is 0 Å². The Bertz CT molecular complexity index is 1720. The third kappa shape index (κ3) is 5.31. The molecule has 3 aromatic rings. The van der Waals surface area contributed by atoms with Crippen molar-refractivity contribution in [2.75, 3.05) is 23.0 Å². The van der Waals surface area contributed by atoms with E-state index in [1.54, 1.807) is 14.7 Å². The number of hydrogen-bond donors (Lipinski definition) is 2. The second-order valence-electron chi connectivity index (χ2n) is 14.1. The zero-order valence-corrected chi connectivity index (χ0v) is 28.3. The van der Waals surface area contributed by atoms with Crippen LogP contribution in [0.5, 0.6) is 0 Å². The van der Waals surface area contributed by atoms with E-state index in [2.05, 4.69) is 0 Å². The standard InChI is InChI=1S/C37H43N3O6Si/c1-24-35(47(2,3)45)32(20-34(43)39-22-27-12-5-4-11-26(27)19-29(39)23-41)46-37(24)30-14-6-7-15-31(30)40(36(37)44)21-25-10-8-13-28(18-25)38-17-9-16-33(38)42/h4-8,10-15,18,24,29,32,35,41,45H,9,16-17,19-23H2,1-3H3/t24-,29+,32+,35-,37+/m1/s1. The van der Waals surface area contributed by atoms with Crippen molar-refractivity contribution in [3.8, 4) is 0 Å². The maximum Gasteiger partial charge on any atom is 0.264 e. The van der Waals surface area contributed by atoms with E-state index >= 15 is 0 Å². The molecule has 2 N–H and O–H groups in total. The molecule has 0 aliphatic carbocycles. The van der Waals surface area contributed by atoms with Crippen molar-refractivity contribution < 1.29 is 29.0 Å². The number of amides is 3. The molecule has 10 heteroatoms. The van der Waals surface area contributed by atoms with Crippen LogP contribution in [0.25, 0.3) is 0 Å². The van der Waals surface area contributed by atoms with Crippen molar-refractivity contribution in [1.29, 1.82) is 0 Å². The van der Waals surface area contributed by atoms with Crippen molar-refractivity contribution in [3.05, 3.63) is 95.1 Å². The number of hydrogen-bond acceptors (Lipinski definition) is 6. The molecule has 0 aromatic heterocycles. The first-order chi connectivity index (χ1) is 22.5. The van der Waals surface area contributed by atoms with E-state index in [0.717, 1.165) is 40.0 Å². The van der Waals surface area contributed by atoms with Crippen LogP contribution < -0.4 is 9.80 Å². The van der Waals surface area contributed by atoms with Crippen LogP contribution >= 0.6 is 0 Å². The lowest BCUT2D eigenvalue weighted by molar-refractivity contribution is -0.151. The number of carbonyl (C=O) groups excluding carboxylic acids is 3. The molecule has 7 rings (SSSR count). The highest BCUT2D eigenvalue weighted by Gasteiger charge is 2.66. The molecule has 246 valence electrons. The SMILES string of the molecule is C[C@@H]1[C@@H]([Si](C)(C)O)[C@H](CC(=O)N2Cc3ccccc3C[C@H]2CO)O[C@@]12C(=O)N(Cc1cccc(N3CCCC3=O)c1)c1ccccc12. The van der Waals surface area contributed by atoms with Crippen LogP contribution in [0.4, 0.5) is 11.4 Å². The van der Waals surface area contributed by atoms with E-state index in [4.69, 9.17) is 4.74 Å². The minimum absolute atomic E-state index is 0.00771. The number of carbonyl (C=O) groups is 3. The molecule has 4 aliphatic heterocycles. The van der Waals surface area contributed by atoms with Gasteiger partial charge in [0.2, 0.25) is 11.8 Å². The summed E-state index contributed by atoms with van der Waals surface area (Å²) in [5.41, 5.74) is 3.68. The van der Waals surface area contributed by atoms with Crippen LogP contribution in [-0.4, -0.2) is 66.1 Å². The molecule has 3 aromatic carbocycles. The molecule has 0 unspecified atom stereocenters. The van der Waals surface area contributed by atoms with Crippen molar-refractivity contribution in [2.45, 2.75) is 82.1 Å². The molecule has 0 saturated carbocycles. The predicted octanol–water partition coefficient (Wildman–Crippen LogP) is 4.49. The van der Waals surface area contributed by atoms with Crippen LogP contribution in [0.15, 0.2) is 72.8 Å². The van der Waals surface area contributed by atoms with E-state index in [-0.39, 0.29) is 36.8 Å². The fourth-order valence-electron chi connectivity index (χ4n) is 8.65. The van der Waals surface area contributed by atoms with Gasteiger partial charge in [0.05, 0.1) is 37.4 Å². The van der Waals surface area contributed by atoms with E-state index < -0.39 is 31.5 Å². The Balaban J connectivity index is 1.20. The number of rotatable bonds is 7. The Labute approximate surface area is 276 Å². The molecular formula is C37H43N3O6Si. The highest BCUT2D eigenvalue weighted by atomic mass is 28.4. The number of aliphatic hydroxyl groups excluding tert-OH is 1. The summed E-state index contributed by atoms with van der Waals surface area (Å²) in [7, 11) is -2.97. The third-order valence-corrected chi connectivity index (χ3v) is 13.3. The van der Waals surface area contributed by atoms with Gasteiger partial charge < -0.3 is 29.3 Å². The molecular weight excluding hydrogens is 611 g/mol. The zero-order chi connectivity index (χ0) is 33.1. The fourth-order valence-corrected chi connectivity index (χ4v) is 11.2. The Morgan fingerprint density at radius 2 is 1.77 bits per heavy atom. The van der Waals surface area contributed by atoms with E-state index in [0.29, 0.717) is 32.5 Å². The van der Waals surface area contributed by atoms with Gasteiger partial charge in [-0.15, -0.1) is 0 Å². The number of fused-ring (bicyclic) bond motifs is 3. The molecule has 1 spiro atoms. The summed E-state index contributed by atoms with van der Waals surface area (Å²) in [5.74, 6) is -0.639. The van der Waals surface area contributed by atoms with Gasteiger partial charge in [-0.05, 0) is 60.8 Å². The number of nitrogens with zero attached hydrogens (tertiary/aromatic N) is 3. The van der Waals surface area contributed by atoms with Crippen molar-refractivity contribution in [2.24, 2.45) is 5.92 Å². The second-order valence-corrected chi connectivity index (χ2v) is 18.1. The highest BCUT2D eigenvalue weighted by Crippen LogP contribution is 2.59. The summed E-state index contributed by atoms with van der Waals surface area (Å²) in [6, 6.07) is 23.1. The maximum atomic E-state index is 14.8. The summed E-state index contributed by atoms with van der Waals surface area (Å²) in [4.78, 5) is 58.3. The van der Waals surface area contributed by atoms with Crippen LogP contribution in [0.1, 0.15) is 48.4 Å². The molecule has 3 amide bonds. The van der Waals surface area contributed by atoms with Gasteiger partial charge in [-0.3, -0.25) is 14.4 Å². The minimum atomic E-state index is -2.97. The Morgan fingerprint density at radius 3 is 2.49 bits per heavy atom. The highest BCUT2D eigenvalue weighted by molar-refractivity contribution is 6.71.